The number of piperidine rings is 1. The zero-order chi connectivity index (χ0) is 34.3. The van der Waals surface area contributed by atoms with Crippen LogP contribution < -0.4 is 5.84 Å². The molecule has 5 rings (SSSR count). The number of nitrogens with zero attached hydrogens (tertiary/aromatic N) is 6. The fourth-order valence-corrected chi connectivity index (χ4v) is 6.06. The third kappa shape index (κ3) is 9.76. The van der Waals surface area contributed by atoms with Gasteiger partial charge < -0.3 is 14.6 Å². The fraction of sp³-hybridized carbons (Fsp3) is 0.548. The molecular weight excluding hydrogens is 643 g/mol. The van der Waals surface area contributed by atoms with Crippen LogP contribution in [0.4, 0.5) is 13.2 Å². The molecule has 0 spiro atoms. The summed E-state index contributed by atoms with van der Waals surface area (Å²) in [6.45, 7) is 7.07. The maximum Gasteiger partial charge on any atom is 0.522 e. The fourth-order valence-electron chi connectivity index (χ4n) is 5.89. The minimum Gasteiger partial charge on any atom is -0.478 e. The maximum atomic E-state index is 12.6. The van der Waals surface area contributed by atoms with Crippen molar-refractivity contribution in [2.75, 3.05) is 52.4 Å². The number of Topliss-reactive ketones (excluding diaryl/α,β-unsaturated/α-hetero) is 1. The number of alkyl halides is 3. The number of benzene rings is 1. The van der Waals surface area contributed by atoms with Crippen LogP contribution in [0.15, 0.2) is 30.6 Å². The van der Waals surface area contributed by atoms with Crippen LogP contribution in [0, 0.1) is 6.92 Å². The number of aromatic nitrogens is 3. The van der Waals surface area contributed by atoms with Crippen molar-refractivity contribution in [3.63, 3.8) is 0 Å². The lowest BCUT2D eigenvalue weighted by Crippen LogP contribution is -2.50. The summed E-state index contributed by atoms with van der Waals surface area (Å²) in [6, 6.07) is 5.21. The molecule has 258 valence electrons. The number of halogens is 4. The van der Waals surface area contributed by atoms with Crippen molar-refractivity contribution >= 4 is 40.2 Å². The van der Waals surface area contributed by atoms with Gasteiger partial charge in [-0.15, -0.1) is 13.2 Å². The standard InChI is InChI=1S/C18H19ClF3N3O4.C13H22N4O/c19-12-1-2-15-13(9-12)14(17(27)28)10-25(15)11-16(26)24-5-3-23(4-6-24)7-8-29-18(20,21)22;1-3-4-13(18)12-9-15-17(10(12)2)11-5-7-16(14)8-6-11/h1-2,9-10H,3-8,11H2,(H,27,28);9,11H,3-8,14H2,1-2H3. The van der Waals surface area contributed by atoms with E-state index in [0.717, 1.165) is 43.6 Å². The second-order valence-electron chi connectivity index (χ2n) is 11.7. The summed E-state index contributed by atoms with van der Waals surface area (Å²) in [5.74, 6) is 4.65. The second-order valence-corrected chi connectivity index (χ2v) is 12.1. The number of nitrogens with two attached hydrogens (primary N) is 1. The highest BCUT2D eigenvalue weighted by atomic mass is 35.5. The number of fused-ring (bicyclic) bond motifs is 1. The number of carboxylic acids is 1. The van der Waals surface area contributed by atoms with E-state index >= 15 is 0 Å². The molecule has 0 unspecified atom stereocenters. The largest absolute Gasteiger partial charge is 0.522 e. The Balaban J connectivity index is 0.000000238. The summed E-state index contributed by atoms with van der Waals surface area (Å²) in [5.41, 5.74) is 2.43. The van der Waals surface area contributed by atoms with E-state index in [-0.39, 0.29) is 30.3 Å². The smallest absolute Gasteiger partial charge is 0.478 e. The lowest BCUT2D eigenvalue weighted by atomic mass is 10.0. The third-order valence-electron chi connectivity index (χ3n) is 8.44. The molecule has 0 atom stereocenters. The molecule has 12 nitrogen and oxygen atoms in total. The van der Waals surface area contributed by atoms with Crippen molar-refractivity contribution in [1.82, 2.24) is 29.2 Å². The number of hydrazine groups is 1. The van der Waals surface area contributed by atoms with Gasteiger partial charge >= 0.3 is 12.3 Å². The van der Waals surface area contributed by atoms with Crippen molar-refractivity contribution in [2.24, 2.45) is 5.84 Å². The lowest BCUT2D eigenvalue weighted by Gasteiger charge is -2.34. The number of aromatic carboxylic acids is 1. The lowest BCUT2D eigenvalue weighted by molar-refractivity contribution is -0.325. The van der Waals surface area contributed by atoms with E-state index in [9.17, 15) is 32.7 Å². The molecule has 0 radical (unpaired) electrons. The van der Waals surface area contributed by atoms with E-state index in [1.165, 1.54) is 6.20 Å². The topological polar surface area (TPSA) is 139 Å². The van der Waals surface area contributed by atoms with Gasteiger partial charge in [-0.05, 0) is 44.4 Å². The van der Waals surface area contributed by atoms with Crippen LogP contribution in [0.5, 0.6) is 0 Å². The summed E-state index contributed by atoms with van der Waals surface area (Å²) < 4.78 is 43.4. The molecule has 0 saturated carbocycles. The molecule has 47 heavy (non-hydrogen) atoms. The number of ether oxygens (including phenoxy) is 1. The number of amides is 1. The van der Waals surface area contributed by atoms with Crippen LogP contribution >= 0.6 is 11.6 Å². The Morgan fingerprint density at radius 2 is 1.77 bits per heavy atom. The average molecular weight is 684 g/mol. The summed E-state index contributed by atoms with van der Waals surface area (Å²) in [6.07, 6.45) is 1.98. The number of carbonyl (C=O) groups is 3. The molecule has 4 heterocycles. The van der Waals surface area contributed by atoms with Gasteiger partial charge in [-0.25, -0.2) is 9.80 Å². The van der Waals surface area contributed by atoms with Crippen molar-refractivity contribution in [3.05, 3.63) is 52.4 Å². The molecule has 1 aromatic carbocycles. The first-order chi connectivity index (χ1) is 22.3. The van der Waals surface area contributed by atoms with E-state index in [1.807, 2.05) is 23.5 Å². The predicted molar refractivity (Wildman–Crippen MR) is 169 cm³/mol. The Morgan fingerprint density at radius 3 is 2.38 bits per heavy atom. The molecule has 0 bridgehead atoms. The Bertz CT molecular complexity index is 1540. The number of piperazine rings is 1. The van der Waals surface area contributed by atoms with Gasteiger partial charge in [0.15, 0.2) is 5.78 Å². The SMILES string of the molecule is CCCC(=O)c1cnn(C2CCN(N)CC2)c1C.O=C(O)c1cn(CC(=O)N2CCN(CCOC(F)(F)F)CC2)c2ccc(Cl)cc12. The first-order valence-electron chi connectivity index (χ1n) is 15.6. The first-order valence-corrected chi connectivity index (χ1v) is 15.9. The van der Waals surface area contributed by atoms with Gasteiger partial charge in [0.05, 0.1) is 30.0 Å². The van der Waals surface area contributed by atoms with Gasteiger partial charge in [0, 0.05) is 80.1 Å². The molecular formula is C31H41ClF3N7O5. The molecule has 2 aliphatic heterocycles. The molecule has 1 amide bonds. The highest BCUT2D eigenvalue weighted by Crippen LogP contribution is 2.26. The van der Waals surface area contributed by atoms with Crippen LogP contribution in [0.25, 0.3) is 10.9 Å². The molecule has 3 aromatic rings. The van der Waals surface area contributed by atoms with E-state index in [2.05, 4.69) is 9.84 Å². The molecule has 2 aliphatic rings. The number of ketones is 1. The quantitative estimate of drug-likeness (QED) is 0.236. The van der Waals surface area contributed by atoms with E-state index in [0.29, 0.717) is 54.6 Å². The van der Waals surface area contributed by atoms with Gasteiger partial charge in [-0.3, -0.25) is 29.8 Å². The zero-order valence-corrected chi connectivity index (χ0v) is 27.3. The van der Waals surface area contributed by atoms with Crippen molar-refractivity contribution in [3.8, 4) is 0 Å². The summed E-state index contributed by atoms with van der Waals surface area (Å²) in [5, 5.41) is 16.5. The number of rotatable bonds is 10. The van der Waals surface area contributed by atoms with E-state index in [1.54, 1.807) is 38.8 Å². The molecule has 16 heteroatoms. The van der Waals surface area contributed by atoms with Crippen molar-refractivity contribution in [1.29, 1.82) is 0 Å². The molecule has 2 fully saturated rings. The van der Waals surface area contributed by atoms with Gasteiger partial charge in [-0.2, -0.15) is 5.10 Å². The second kappa shape index (κ2) is 16.1. The number of carboxylic acid groups (broad SMARTS) is 1. The Labute approximate surface area is 275 Å². The predicted octanol–water partition coefficient (Wildman–Crippen LogP) is 4.36. The third-order valence-corrected chi connectivity index (χ3v) is 8.68. The van der Waals surface area contributed by atoms with Gasteiger partial charge in [-0.1, -0.05) is 18.5 Å². The first kappa shape index (κ1) is 36.3. The van der Waals surface area contributed by atoms with Crippen LogP contribution in [0.1, 0.15) is 65.1 Å². The van der Waals surface area contributed by atoms with Crippen LogP contribution in [-0.4, -0.2) is 111 Å². The highest BCUT2D eigenvalue weighted by Gasteiger charge is 2.30. The van der Waals surface area contributed by atoms with Crippen molar-refractivity contribution < 1.29 is 37.4 Å². The minimum absolute atomic E-state index is 0.0391. The summed E-state index contributed by atoms with van der Waals surface area (Å²) in [7, 11) is 0. The molecule has 3 N–H and O–H groups in total. The van der Waals surface area contributed by atoms with Crippen LogP contribution in [-0.2, 0) is 16.1 Å². The summed E-state index contributed by atoms with van der Waals surface area (Å²) in [4.78, 5) is 39.5. The number of hydrogen-bond donors (Lipinski definition) is 2. The molecule has 0 aliphatic carbocycles. The minimum atomic E-state index is -4.64. The molecule has 2 aromatic heterocycles. The number of carbonyl (C=O) groups excluding carboxylic acids is 2. The van der Waals surface area contributed by atoms with Gasteiger partial charge in [0.2, 0.25) is 5.91 Å². The highest BCUT2D eigenvalue weighted by molar-refractivity contribution is 6.31. The van der Waals surface area contributed by atoms with E-state index < -0.39 is 18.9 Å². The summed E-state index contributed by atoms with van der Waals surface area (Å²) >= 11 is 5.95. The van der Waals surface area contributed by atoms with Gasteiger partial charge in [0.25, 0.3) is 0 Å². The van der Waals surface area contributed by atoms with Crippen molar-refractivity contribution in [2.45, 2.75) is 58.5 Å². The number of hydrogen-bond acceptors (Lipinski definition) is 8. The molecule has 2 saturated heterocycles. The Morgan fingerprint density at radius 1 is 1.09 bits per heavy atom. The monoisotopic (exact) mass is 683 g/mol. The van der Waals surface area contributed by atoms with Crippen LogP contribution in [0.2, 0.25) is 5.02 Å². The van der Waals surface area contributed by atoms with E-state index in [4.69, 9.17) is 17.4 Å². The Kier molecular flexibility index (Phi) is 12.4. The van der Waals surface area contributed by atoms with Crippen LogP contribution in [0.3, 0.4) is 0 Å². The average Bonchev–Trinajstić information content (AvgIpc) is 3.58. The zero-order valence-electron chi connectivity index (χ0n) is 26.5. The van der Waals surface area contributed by atoms with Gasteiger partial charge in [0.1, 0.15) is 6.54 Å². The Hall–Kier alpha value is -3.50. The normalized spacial score (nSPS) is 16.7. The maximum absolute atomic E-state index is 12.6.